The van der Waals surface area contributed by atoms with Gasteiger partial charge in [0.25, 0.3) is 0 Å². The first-order valence-corrected chi connectivity index (χ1v) is 3.14. The van der Waals surface area contributed by atoms with Crippen LogP contribution in [0.3, 0.4) is 0 Å². The molecule has 2 unspecified atom stereocenters. The monoisotopic (exact) mass is 349 g/mol. The van der Waals surface area contributed by atoms with Crippen molar-refractivity contribution in [2.45, 2.75) is 26.7 Å². The van der Waals surface area contributed by atoms with Crippen LogP contribution in [0, 0.1) is 18.3 Å². The maximum atomic E-state index is 2.44. The van der Waals surface area contributed by atoms with Crippen LogP contribution in [0.4, 0.5) is 0 Å². The normalized spacial score (nSPS) is 36.8. The molecule has 0 aromatic rings. The van der Waals surface area contributed by atoms with Gasteiger partial charge in [0.1, 0.15) is 0 Å². The van der Waals surface area contributed by atoms with Gasteiger partial charge in [-0.1, -0.05) is 26.7 Å². The van der Waals surface area contributed by atoms with Crippen molar-refractivity contribution in [3.05, 3.63) is 6.42 Å². The van der Waals surface area contributed by atoms with Gasteiger partial charge in [-0.25, -0.2) is 0 Å². The predicted molar refractivity (Wildman–Crippen MR) is 31.9 cm³/mol. The molecule has 8 heavy (non-hydrogen) atoms. The minimum Gasteiger partial charge on any atom is -0.323 e. The van der Waals surface area contributed by atoms with E-state index < -0.39 is 0 Å². The van der Waals surface area contributed by atoms with Crippen molar-refractivity contribution < 1.29 is 0 Å². The van der Waals surface area contributed by atoms with E-state index in [0.717, 1.165) is 11.8 Å². The third-order valence-electron chi connectivity index (χ3n) is 1.73. The summed E-state index contributed by atoms with van der Waals surface area (Å²) in [7, 11) is 0. The van der Waals surface area contributed by atoms with E-state index in [1.54, 1.807) is 0 Å². The molecule has 0 bridgehead atoms. The third kappa shape index (κ3) is 1.25. The Hall–Kier alpha value is -1.00. The van der Waals surface area contributed by atoms with Crippen LogP contribution in [0.2, 0.25) is 0 Å². The van der Waals surface area contributed by atoms with Crippen molar-refractivity contribution >= 4 is 0 Å². The molecule has 2 atom stereocenters. The molecule has 0 N–H and O–H groups in total. The quantitative estimate of drug-likeness (QED) is 0.589. The molecule has 0 spiro atoms. The first kappa shape index (κ1) is 7.00. The van der Waals surface area contributed by atoms with Gasteiger partial charge in [-0.05, 0) is 0 Å². The van der Waals surface area contributed by atoms with Gasteiger partial charge < -0.3 is 6.42 Å². The fourth-order valence-corrected chi connectivity index (χ4v) is 1.28. The maximum absolute atomic E-state index is 2.44. The molecule has 0 heterocycles. The van der Waals surface area contributed by atoms with E-state index in [4.69, 9.17) is 0 Å². The van der Waals surface area contributed by atoms with E-state index in [-0.39, 0.29) is 0 Å². The Labute approximate surface area is 45.9 Å². The van der Waals surface area contributed by atoms with Crippen molar-refractivity contribution in [2.75, 3.05) is 0 Å². The van der Waals surface area contributed by atoms with Crippen molar-refractivity contribution in [1.29, 1.82) is 0 Å². The fourth-order valence-electron chi connectivity index (χ4n) is 1.28. The van der Waals surface area contributed by atoms with Crippen LogP contribution >= 0.6 is 0 Å². The molecule has 1 aliphatic rings. The Balaban J connectivity index is 0.000000490. The zero-order valence-electron chi connectivity index (χ0n) is 5.45. The molecular formula is C7H13Es-. The van der Waals surface area contributed by atoms with Gasteiger partial charge in [-0.2, -0.15) is 11.8 Å². The zero-order chi connectivity index (χ0) is 5.28. The second-order valence-electron chi connectivity index (χ2n) is 2.72. The first-order valence-electron chi connectivity index (χ1n) is 3.14. The Morgan fingerprint density at radius 2 is 1.50 bits per heavy atom. The fraction of sp³-hybridized carbons (Fsp3) is 0.857. The largest absolute Gasteiger partial charge is 0.323 e. The summed E-state index contributed by atoms with van der Waals surface area (Å²) < 4.78 is 0. The van der Waals surface area contributed by atoms with Crippen molar-refractivity contribution in [3.63, 3.8) is 0 Å². The van der Waals surface area contributed by atoms with E-state index >= 15 is 0 Å². The molecular weight excluding hydrogens is 336 g/mol. The van der Waals surface area contributed by atoms with Crippen LogP contribution < -0.4 is 0 Å². The van der Waals surface area contributed by atoms with Gasteiger partial charge in [0.05, 0.1) is 0 Å². The van der Waals surface area contributed by atoms with E-state index in [0.29, 0.717) is 0 Å². The molecule has 1 radical (unpaired) electrons. The summed E-state index contributed by atoms with van der Waals surface area (Å²) >= 11 is 0. The molecule has 0 amide bonds. The first-order chi connectivity index (χ1) is 3.29. The Morgan fingerprint density at radius 3 is 1.62 bits per heavy atom. The summed E-state index contributed by atoms with van der Waals surface area (Å²) in [6.07, 6.45) is 5.28. The van der Waals surface area contributed by atoms with Gasteiger partial charge in [-0.15, -0.1) is 0 Å². The van der Waals surface area contributed by atoms with Gasteiger partial charge in [0.15, 0.2) is 0 Å². The van der Waals surface area contributed by atoms with Gasteiger partial charge >= 0.3 is 0 Å². The number of rotatable bonds is 0. The molecule has 1 rings (SSSR count). The summed E-state index contributed by atoms with van der Waals surface area (Å²) in [4.78, 5) is 0. The van der Waals surface area contributed by atoms with Gasteiger partial charge in [0, 0.05) is 0 Å². The number of hydrogen-bond donors (Lipinski definition) is 0. The van der Waals surface area contributed by atoms with Crippen molar-refractivity contribution in [2.24, 2.45) is 11.8 Å². The molecule has 0 aliphatic heterocycles. The van der Waals surface area contributed by atoms with E-state index in [1.807, 2.05) is 0 Å². The molecule has 0 aromatic carbocycles. The van der Waals surface area contributed by atoms with E-state index in [9.17, 15) is 0 Å². The Morgan fingerprint density at radius 1 is 1.12 bits per heavy atom. The maximum Gasteiger partial charge on any atom is 0 e. The van der Waals surface area contributed by atoms with Crippen LogP contribution in [-0.4, -0.2) is 0 Å². The topological polar surface area (TPSA) is 0 Å². The van der Waals surface area contributed by atoms with Gasteiger partial charge in [-0.3, -0.25) is 0 Å². The van der Waals surface area contributed by atoms with E-state index in [1.165, 1.54) is 12.8 Å². The molecule has 53 valence electrons. The van der Waals surface area contributed by atoms with Crippen LogP contribution in [0.1, 0.15) is 26.7 Å². The molecule has 1 aliphatic carbocycles. The Bertz CT molecular complexity index is 53.4. The molecule has 0 aromatic heterocycles. The number of hydrogen-bond acceptors (Lipinski definition) is 0. The average molecular weight is 349 g/mol. The molecule has 0 saturated heterocycles. The molecule has 1 saturated carbocycles. The smallest absolute Gasteiger partial charge is 0 e. The van der Waals surface area contributed by atoms with E-state index in [2.05, 4.69) is 20.3 Å². The van der Waals surface area contributed by atoms with Gasteiger partial charge in [0.2, 0.25) is 0 Å². The SMILES string of the molecule is CC1[CH-]C(C)CC1.[Es]. The summed E-state index contributed by atoms with van der Waals surface area (Å²) in [6, 6.07) is 0. The van der Waals surface area contributed by atoms with Crippen molar-refractivity contribution in [1.82, 2.24) is 0 Å². The standard InChI is InChI=1S/C7H13.Es/c1-6-3-4-7(2)5-6;/h5-7H,3-4H2,1-2H3;/q-1;. The van der Waals surface area contributed by atoms with Crippen LogP contribution in [-0.2, 0) is 0 Å². The molecule has 1 heteroatoms. The minimum absolute atomic E-state index is 0. The second kappa shape index (κ2) is 2.34. The van der Waals surface area contributed by atoms with Crippen LogP contribution in [0.5, 0.6) is 0 Å². The average Bonchev–Trinajstić information content (AvgIpc) is 1.87. The van der Waals surface area contributed by atoms with Crippen LogP contribution in [0.25, 0.3) is 0 Å². The summed E-state index contributed by atoms with van der Waals surface area (Å²) in [5.41, 5.74) is 0. The summed E-state index contributed by atoms with van der Waals surface area (Å²) in [5, 5.41) is 0. The molecule has 1 fully saturated rings. The minimum atomic E-state index is 0. The second-order valence-corrected chi connectivity index (χ2v) is 2.72. The Kier molecular flexibility index (Phi) is 2.05. The molecule has 0 nitrogen and oxygen atoms in total. The summed E-state index contributed by atoms with van der Waals surface area (Å²) in [6.45, 7) is 4.59. The predicted octanol–water partition coefficient (Wildman–Crippen LogP) is 2.26. The zero-order valence-corrected chi connectivity index (χ0v) is 7.96. The van der Waals surface area contributed by atoms with Crippen molar-refractivity contribution in [3.8, 4) is 0 Å². The van der Waals surface area contributed by atoms with Crippen LogP contribution in [0.15, 0.2) is 0 Å². The summed E-state index contributed by atoms with van der Waals surface area (Å²) in [5.74, 6) is 1.80. The third-order valence-corrected chi connectivity index (χ3v) is 1.73.